The Morgan fingerprint density at radius 1 is 1.40 bits per heavy atom. The Balaban J connectivity index is 0.000000162. The summed E-state index contributed by atoms with van der Waals surface area (Å²) < 4.78 is 0. The number of nitrogens with two attached hydrogens (primary N) is 1. The van der Waals surface area contributed by atoms with E-state index >= 15 is 0 Å². The van der Waals surface area contributed by atoms with Crippen molar-refractivity contribution in [2.75, 3.05) is 6.54 Å². The van der Waals surface area contributed by atoms with E-state index in [1.54, 1.807) is 11.3 Å². The number of rotatable bonds is 1. The average Bonchev–Trinajstić information content (AvgIpc) is 2.43. The molecule has 0 saturated carbocycles. The fourth-order valence-corrected chi connectivity index (χ4v) is 0.680. The zero-order chi connectivity index (χ0) is 7.82. The van der Waals surface area contributed by atoms with Gasteiger partial charge in [-0.1, -0.05) is 12.1 Å². The van der Waals surface area contributed by atoms with E-state index in [-0.39, 0.29) is 6.54 Å². The molecule has 1 aromatic heterocycles. The summed E-state index contributed by atoms with van der Waals surface area (Å²) in [4.78, 5) is 9.13. The first-order valence-corrected chi connectivity index (χ1v) is 3.58. The van der Waals surface area contributed by atoms with Gasteiger partial charge in [-0.3, -0.25) is 0 Å². The third-order valence-corrected chi connectivity index (χ3v) is 1.22. The van der Waals surface area contributed by atoms with Gasteiger partial charge in [0.05, 0.1) is 6.54 Å². The Labute approximate surface area is 63.1 Å². The molecule has 0 spiro atoms. The topological polar surface area (TPSA) is 63.0 Å². The molecule has 4 heteroatoms. The number of carbonyl (C=O) groups excluding carboxylic acids is 1. The molecule has 0 saturated heterocycles. The van der Waals surface area contributed by atoms with Gasteiger partial charge in [0.2, 0.25) is 0 Å². The first-order valence-electron chi connectivity index (χ1n) is 2.64. The molecule has 0 bridgehead atoms. The predicted molar refractivity (Wildman–Crippen MR) is 39.1 cm³/mol. The van der Waals surface area contributed by atoms with Crippen LogP contribution in [0, 0.1) is 0 Å². The zero-order valence-corrected chi connectivity index (χ0v) is 6.14. The van der Waals surface area contributed by atoms with Crippen LogP contribution in [-0.4, -0.2) is 12.5 Å². The first kappa shape index (κ1) is 9.13. The van der Waals surface area contributed by atoms with Crippen LogP contribution >= 0.6 is 11.3 Å². The van der Waals surface area contributed by atoms with Gasteiger partial charge in [0.25, 0.3) is 0 Å². The third kappa shape index (κ3) is 7.13. The summed E-state index contributed by atoms with van der Waals surface area (Å²) >= 11 is 1.71. The summed E-state index contributed by atoms with van der Waals surface area (Å²) in [6.07, 6.45) is 0. The van der Waals surface area contributed by atoms with Crippen molar-refractivity contribution in [2.45, 2.75) is 0 Å². The molecule has 0 amide bonds. The summed E-state index contributed by atoms with van der Waals surface area (Å²) in [7, 11) is 0. The van der Waals surface area contributed by atoms with Gasteiger partial charge in [-0.05, 0) is 10.8 Å². The van der Waals surface area contributed by atoms with E-state index < -0.39 is 5.97 Å². The van der Waals surface area contributed by atoms with E-state index in [4.69, 9.17) is 9.90 Å². The number of hydrogen-bond acceptors (Lipinski definition) is 3. The van der Waals surface area contributed by atoms with Crippen molar-refractivity contribution in [3.63, 3.8) is 0 Å². The highest BCUT2D eigenvalue weighted by Crippen LogP contribution is 1.91. The Morgan fingerprint density at radius 3 is 1.90 bits per heavy atom. The van der Waals surface area contributed by atoms with E-state index in [0.717, 1.165) is 0 Å². The molecule has 1 heterocycles. The molecule has 0 atom stereocenters. The van der Waals surface area contributed by atoms with Gasteiger partial charge in [-0.25, -0.2) is 9.90 Å². The lowest BCUT2D eigenvalue weighted by Crippen LogP contribution is -2.09. The third-order valence-electron chi connectivity index (χ3n) is 0.592. The first-order chi connectivity index (χ1) is 4.77. The van der Waals surface area contributed by atoms with Crippen molar-refractivity contribution >= 4 is 17.3 Å². The molecule has 3 nitrogen and oxygen atoms in total. The maximum absolute atomic E-state index is 9.13. The molecule has 0 aliphatic heterocycles. The fourth-order valence-electron chi connectivity index (χ4n) is 0.227. The molecule has 0 aliphatic carbocycles. The van der Waals surface area contributed by atoms with Crippen molar-refractivity contribution in [3.05, 3.63) is 22.9 Å². The molecule has 0 fully saturated rings. The predicted octanol–water partition coefficient (Wildman–Crippen LogP) is 0.650. The summed E-state index contributed by atoms with van der Waals surface area (Å²) in [6, 6.07) is 4.04. The molecular formula is C6H8NO2S. The second kappa shape index (κ2) is 6.25. The Bertz CT molecular complexity index is 145. The molecule has 0 aliphatic rings. The normalized spacial score (nSPS) is 7.70. The maximum atomic E-state index is 9.13. The second-order valence-corrected chi connectivity index (χ2v) is 2.19. The molecule has 2 N–H and O–H groups in total. The van der Waals surface area contributed by atoms with E-state index in [1.807, 2.05) is 22.9 Å². The van der Waals surface area contributed by atoms with E-state index in [9.17, 15) is 0 Å². The van der Waals surface area contributed by atoms with Crippen LogP contribution in [-0.2, 0) is 9.90 Å². The maximum Gasteiger partial charge on any atom is 0.368 e. The smallest absolute Gasteiger partial charge is 0.321 e. The van der Waals surface area contributed by atoms with Gasteiger partial charge in [-0.15, -0.1) is 0 Å². The minimum Gasteiger partial charge on any atom is -0.321 e. The number of carbonyl (C=O) groups is 1. The van der Waals surface area contributed by atoms with Gasteiger partial charge >= 0.3 is 5.97 Å². The van der Waals surface area contributed by atoms with Crippen LogP contribution in [0.5, 0.6) is 0 Å². The monoisotopic (exact) mass is 158 g/mol. The highest BCUT2D eigenvalue weighted by Gasteiger charge is 1.86. The SMILES string of the molecule is NCC([O])=O.c1ccsc1. The van der Waals surface area contributed by atoms with Crippen LogP contribution in [0.1, 0.15) is 0 Å². The summed E-state index contributed by atoms with van der Waals surface area (Å²) in [5.41, 5.74) is 4.51. The molecule has 1 rings (SSSR count). The van der Waals surface area contributed by atoms with Gasteiger partial charge in [0, 0.05) is 0 Å². The van der Waals surface area contributed by atoms with Gasteiger partial charge in [0.1, 0.15) is 0 Å². The van der Waals surface area contributed by atoms with Crippen molar-refractivity contribution in [1.29, 1.82) is 0 Å². The lowest BCUT2D eigenvalue weighted by molar-refractivity contribution is -0.141. The Hall–Kier alpha value is -0.870. The number of hydrogen-bond donors (Lipinski definition) is 1. The van der Waals surface area contributed by atoms with E-state index in [0.29, 0.717) is 0 Å². The molecular weight excluding hydrogens is 150 g/mol. The van der Waals surface area contributed by atoms with Crippen molar-refractivity contribution in [2.24, 2.45) is 5.73 Å². The molecule has 0 aromatic carbocycles. The van der Waals surface area contributed by atoms with Gasteiger partial charge in [0.15, 0.2) is 0 Å². The van der Waals surface area contributed by atoms with Crippen LogP contribution in [0.2, 0.25) is 0 Å². The minimum atomic E-state index is -1.22. The van der Waals surface area contributed by atoms with Crippen LogP contribution in [0.3, 0.4) is 0 Å². The molecule has 0 unspecified atom stereocenters. The van der Waals surface area contributed by atoms with Crippen molar-refractivity contribution < 1.29 is 9.90 Å². The van der Waals surface area contributed by atoms with Crippen molar-refractivity contribution in [3.8, 4) is 0 Å². The van der Waals surface area contributed by atoms with Gasteiger partial charge in [-0.2, -0.15) is 11.3 Å². The van der Waals surface area contributed by atoms with Crippen LogP contribution in [0.4, 0.5) is 0 Å². The highest BCUT2D eigenvalue weighted by atomic mass is 32.1. The fraction of sp³-hybridized carbons (Fsp3) is 0.167. The zero-order valence-electron chi connectivity index (χ0n) is 5.32. The molecule has 1 radical (unpaired) electrons. The standard InChI is InChI=1S/C4H4S.C2H4NO2/c1-2-4-5-3-1;3-1-2(4)5/h1-4H;1,3H2. The lowest BCUT2D eigenvalue weighted by atomic mass is 10.7. The average molecular weight is 158 g/mol. The molecule has 10 heavy (non-hydrogen) atoms. The van der Waals surface area contributed by atoms with Crippen LogP contribution in [0.25, 0.3) is 0 Å². The minimum absolute atomic E-state index is 0.389. The second-order valence-electron chi connectivity index (χ2n) is 1.37. The lowest BCUT2D eigenvalue weighted by Gasteiger charge is -1.67. The Morgan fingerprint density at radius 2 is 1.80 bits per heavy atom. The summed E-state index contributed by atoms with van der Waals surface area (Å²) in [5, 5.41) is 13.2. The molecule has 1 aromatic rings. The van der Waals surface area contributed by atoms with Gasteiger partial charge < -0.3 is 5.73 Å². The largest absolute Gasteiger partial charge is 0.368 e. The quantitative estimate of drug-likeness (QED) is 0.652. The van der Waals surface area contributed by atoms with E-state index in [2.05, 4.69) is 5.73 Å². The molecule has 55 valence electrons. The number of thiophene rings is 1. The van der Waals surface area contributed by atoms with Crippen LogP contribution in [0.15, 0.2) is 22.9 Å². The van der Waals surface area contributed by atoms with E-state index in [1.165, 1.54) is 0 Å². The van der Waals surface area contributed by atoms with Crippen molar-refractivity contribution in [1.82, 2.24) is 0 Å². The summed E-state index contributed by atoms with van der Waals surface area (Å²) in [6.45, 7) is -0.389. The Kier molecular flexibility index (Phi) is 5.71. The highest BCUT2D eigenvalue weighted by molar-refractivity contribution is 7.07. The summed E-state index contributed by atoms with van der Waals surface area (Å²) in [5.74, 6) is -1.22. The van der Waals surface area contributed by atoms with Crippen LogP contribution < -0.4 is 5.73 Å².